The van der Waals surface area contributed by atoms with Gasteiger partial charge in [-0.3, -0.25) is 0 Å². The number of aromatic carboxylic acids is 1. The van der Waals surface area contributed by atoms with E-state index in [0.717, 1.165) is 10.0 Å². The van der Waals surface area contributed by atoms with Gasteiger partial charge in [0.15, 0.2) is 0 Å². The molecule has 19 heavy (non-hydrogen) atoms. The minimum absolute atomic E-state index is 0.0887. The average Bonchev–Trinajstić information content (AvgIpc) is 2.41. The summed E-state index contributed by atoms with van der Waals surface area (Å²) in [7, 11) is 0. The third-order valence-corrected chi connectivity index (χ3v) is 3.61. The molecule has 0 spiro atoms. The Bertz CT molecular complexity index is 446. The molecule has 1 aliphatic rings. The quantitative estimate of drug-likeness (QED) is 0.859. The Morgan fingerprint density at radius 1 is 1.47 bits per heavy atom. The molecule has 2 N–H and O–H groups in total. The van der Waals surface area contributed by atoms with E-state index in [0.29, 0.717) is 32.9 Å². The Morgan fingerprint density at radius 2 is 2.32 bits per heavy atom. The molecule has 1 saturated heterocycles. The second-order valence-corrected chi connectivity index (χ2v) is 5.16. The van der Waals surface area contributed by atoms with Crippen LogP contribution in [0.15, 0.2) is 22.7 Å². The van der Waals surface area contributed by atoms with Gasteiger partial charge in [-0.15, -0.1) is 0 Å². The van der Waals surface area contributed by atoms with Gasteiger partial charge >= 0.3 is 5.97 Å². The maximum atomic E-state index is 10.8. The van der Waals surface area contributed by atoms with Crippen molar-refractivity contribution in [3.8, 4) is 0 Å². The van der Waals surface area contributed by atoms with Gasteiger partial charge in [-0.2, -0.15) is 0 Å². The van der Waals surface area contributed by atoms with E-state index in [-0.39, 0.29) is 11.7 Å². The van der Waals surface area contributed by atoms with Crippen molar-refractivity contribution in [3.05, 3.63) is 33.8 Å². The van der Waals surface area contributed by atoms with Gasteiger partial charge in [0.25, 0.3) is 0 Å². The lowest BCUT2D eigenvalue weighted by Gasteiger charge is -2.23. The van der Waals surface area contributed by atoms with E-state index in [1.807, 2.05) is 0 Å². The monoisotopic (exact) mass is 329 g/mol. The average molecular weight is 330 g/mol. The van der Waals surface area contributed by atoms with Gasteiger partial charge in [-0.1, -0.05) is 22.0 Å². The minimum Gasteiger partial charge on any atom is -0.478 e. The zero-order valence-electron chi connectivity index (χ0n) is 10.4. The summed E-state index contributed by atoms with van der Waals surface area (Å²) in [6.45, 7) is 3.29. The molecular formula is C13H16BrNO4. The summed E-state index contributed by atoms with van der Waals surface area (Å²) in [6.07, 6.45) is 0.0887. The van der Waals surface area contributed by atoms with Crippen molar-refractivity contribution in [1.29, 1.82) is 0 Å². The standard InChI is InChI=1S/C13H16BrNO4/c14-12-5-9(13(16)17)1-2-10(12)6-15-7-11-8-18-3-4-19-11/h1-2,5,11,15H,3-4,6-8H2,(H,16,17). The van der Waals surface area contributed by atoms with Crippen molar-refractivity contribution < 1.29 is 19.4 Å². The molecule has 0 aromatic heterocycles. The number of carboxylic acid groups (broad SMARTS) is 1. The molecule has 6 heteroatoms. The molecule has 1 heterocycles. The van der Waals surface area contributed by atoms with Crippen molar-refractivity contribution in [2.24, 2.45) is 0 Å². The summed E-state index contributed by atoms with van der Waals surface area (Å²) in [5.41, 5.74) is 1.29. The Hall–Kier alpha value is -0.950. The van der Waals surface area contributed by atoms with Gasteiger partial charge in [0.1, 0.15) is 0 Å². The minimum atomic E-state index is -0.923. The van der Waals surface area contributed by atoms with Crippen LogP contribution in [0.25, 0.3) is 0 Å². The number of hydrogen-bond donors (Lipinski definition) is 2. The van der Waals surface area contributed by atoms with Crippen LogP contribution in [0.3, 0.4) is 0 Å². The van der Waals surface area contributed by atoms with Crippen molar-refractivity contribution in [2.45, 2.75) is 12.6 Å². The molecule has 1 aliphatic heterocycles. The van der Waals surface area contributed by atoms with Crippen LogP contribution in [-0.4, -0.2) is 43.5 Å². The molecule has 0 amide bonds. The number of carboxylic acids is 1. The molecule has 5 nitrogen and oxygen atoms in total. The predicted octanol–water partition coefficient (Wildman–Crippen LogP) is 1.65. The van der Waals surface area contributed by atoms with Gasteiger partial charge in [0, 0.05) is 17.6 Å². The first-order chi connectivity index (χ1) is 9.16. The summed E-state index contributed by atoms with van der Waals surface area (Å²) >= 11 is 3.38. The largest absolute Gasteiger partial charge is 0.478 e. The summed E-state index contributed by atoms with van der Waals surface area (Å²) in [4.78, 5) is 10.8. The normalized spacial score (nSPS) is 19.3. The lowest BCUT2D eigenvalue weighted by Crippen LogP contribution is -2.37. The molecule has 0 radical (unpaired) electrons. The van der Waals surface area contributed by atoms with Crippen LogP contribution < -0.4 is 5.32 Å². The predicted molar refractivity (Wildman–Crippen MR) is 73.4 cm³/mol. The maximum Gasteiger partial charge on any atom is 0.335 e. The molecule has 1 fully saturated rings. The first kappa shape index (κ1) is 14.5. The smallest absolute Gasteiger partial charge is 0.335 e. The number of ether oxygens (including phenoxy) is 2. The molecule has 2 rings (SSSR count). The Kier molecular flexibility index (Phi) is 5.33. The zero-order valence-corrected chi connectivity index (χ0v) is 12.0. The van der Waals surface area contributed by atoms with Gasteiger partial charge in [0.2, 0.25) is 0 Å². The van der Waals surface area contributed by atoms with E-state index < -0.39 is 5.97 Å². The number of hydrogen-bond acceptors (Lipinski definition) is 4. The van der Waals surface area contributed by atoms with E-state index >= 15 is 0 Å². The van der Waals surface area contributed by atoms with E-state index in [1.54, 1.807) is 18.2 Å². The van der Waals surface area contributed by atoms with Gasteiger partial charge < -0.3 is 19.9 Å². The maximum absolute atomic E-state index is 10.8. The van der Waals surface area contributed by atoms with E-state index in [9.17, 15) is 4.79 Å². The highest BCUT2D eigenvalue weighted by molar-refractivity contribution is 9.10. The highest BCUT2D eigenvalue weighted by atomic mass is 79.9. The fraction of sp³-hybridized carbons (Fsp3) is 0.462. The van der Waals surface area contributed by atoms with Crippen LogP contribution in [0.5, 0.6) is 0 Å². The molecule has 0 bridgehead atoms. The topological polar surface area (TPSA) is 67.8 Å². The highest BCUT2D eigenvalue weighted by Gasteiger charge is 2.14. The fourth-order valence-corrected chi connectivity index (χ4v) is 2.36. The molecular weight excluding hydrogens is 314 g/mol. The summed E-state index contributed by atoms with van der Waals surface area (Å²) in [5.74, 6) is -0.923. The number of halogens is 1. The van der Waals surface area contributed by atoms with E-state index in [4.69, 9.17) is 14.6 Å². The first-order valence-electron chi connectivity index (χ1n) is 6.08. The lowest BCUT2D eigenvalue weighted by atomic mass is 10.1. The third-order valence-electron chi connectivity index (χ3n) is 2.87. The second-order valence-electron chi connectivity index (χ2n) is 4.31. The van der Waals surface area contributed by atoms with Crippen molar-refractivity contribution in [3.63, 3.8) is 0 Å². The number of rotatable bonds is 5. The van der Waals surface area contributed by atoms with Crippen molar-refractivity contribution >= 4 is 21.9 Å². The van der Waals surface area contributed by atoms with Crippen LogP contribution in [0.4, 0.5) is 0 Å². The Labute approximate surface area is 120 Å². The molecule has 1 aromatic carbocycles. The van der Waals surface area contributed by atoms with Crippen LogP contribution in [0.1, 0.15) is 15.9 Å². The van der Waals surface area contributed by atoms with Gasteiger partial charge in [0.05, 0.1) is 31.5 Å². The molecule has 0 aliphatic carbocycles. The Balaban J connectivity index is 1.83. The molecule has 104 valence electrons. The van der Waals surface area contributed by atoms with Crippen molar-refractivity contribution in [2.75, 3.05) is 26.4 Å². The second kappa shape index (κ2) is 7.00. The summed E-state index contributed by atoms with van der Waals surface area (Å²) < 4.78 is 11.6. The van der Waals surface area contributed by atoms with Crippen LogP contribution >= 0.6 is 15.9 Å². The summed E-state index contributed by atoms with van der Waals surface area (Å²) in [5, 5.41) is 12.2. The van der Waals surface area contributed by atoms with E-state index in [2.05, 4.69) is 21.2 Å². The Morgan fingerprint density at radius 3 is 2.95 bits per heavy atom. The number of nitrogens with one attached hydrogen (secondary N) is 1. The molecule has 1 atom stereocenters. The SMILES string of the molecule is O=C(O)c1ccc(CNCC2COCCO2)c(Br)c1. The number of benzene rings is 1. The molecule has 0 saturated carbocycles. The van der Waals surface area contributed by atoms with Gasteiger partial charge in [-0.25, -0.2) is 4.79 Å². The van der Waals surface area contributed by atoms with Crippen molar-refractivity contribution in [1.82, 2.24) is 5.32 Å². The van der Waals surface area contributed by atoms with Crippen LogP contribution in [0, 0.1) is 0 Å². The lowest BCUT2D eigenvalue weighted by molar-refractivity contribution is -0.0864. The zero-order chi connectivity index (χ0) is 13.7. The van der Waals surface area contributed by atoms with E-state index in [1.165, 1.54) is 0 Å². The van der Waals surface area contributed by atoms with Crippen LogP contribution in [0.2, 0.25) is 0 Å². The fourth-order valence-electron chi connectivity index (χ4n) is 1.85. The third kappa shape index (κ3) is 4.28. The van der Waals surface area contributed by atoms with Crippen LogP contribution in [-0.2, 0) is 16.0 Å². The molecule has 1 aromatic rings. The molecule has 1 unspecified atom stereocenters. The first-order valence-corrected chi connectivity index (χ1v) is 6.88. The highest BCUT2D eigenvalue weighted by Crippen LogP contribution is 2.18. The summed E-state index contributed by atoms with van der Waals surface area (Å²) in [6, 6.07) is 5.02. The van der Waals surface area contributed by atoms with Gasteiger partial charge in [-0.05, 0) is 17.7 Å². The number of carbonyl (C=O) groups is 1.